The Hall–Kier alpha value is -1.07. The lowest BCUT2D eigenvalue weighted by atomic mass is 10.0. The number of aromatic amines is 1. The van der Waals surface area contributed by atoms with Crippen LogP contribution in [0, 0.1) is 0 Å². The zero-order chi connectivity index (χ0) is 14.0. The van der Waals surface area contributed by atoms with Crippen molar-refractivity contribution in [2.45, 2.75) is 38.6 Å². The molecule has 0 unspecified atom stereocenters. The molecular formula is C13H18ClFN2O2. The molecule has 0 aliphatic carbocycles. The average molecular weight is 289 g/mol. The summed E-state index contributed by atoms with van der Waals surface area (Å²) in [6.45, 7) is 4.30. The minimum atomic E-state index is -1.15. The Bertz CT molecular complexity index is 450. The molecule has 1 aliphatic rings. The van der Waals surface area contributed by atoms with E-state index in [-0.39, 0.29) is 18.6 Å². The van der Waals surface area contributed by atoms with Crippen molar-refractivity contribution in [1.82, 2.24) is 9.88 Å². The van der Waals surface area contributed by atoms with Crippen LogP contribution in [0.2, 0.25) is 5.02 Å². The van der Waals surface area contributed by atoms with E-state index in [0.717, 1.165) is 0 Å². The molecule has 19 heavy (non-hydrogen) atoms. The van der Waals surface area contributed by atoms with Gasteiger partial charge in [-0.1, -0.05) is 11.6 Å². The van der Waals surface area contributed by atoms with Crippen molar-refractivity contribution in [3.8, 4) is 0 Å². The largest absolute Gasteiger partial charge is 0.372 e. The molecule has 2 atom stereocenters. The van der Waals surface area contributed by atoms with Crippen LogP contribution in [0.3, 0.4) is 0 Å². The van der Waals surface area contributed by atoms with E-state index in [0.29, 0.717) is 23.6 Å². The summed E-state index contributed by atoms with van der Waals surface area (Å²) in [6, 6.07) is 0. The minimum Gasteiger partial charge on any atom is -0.372 e. The van der Waals surface area contributed by atoms with Gasteiger partial charge in [-0.25, -0.2) is 4.39 Å². The fourth-order valence-electron chi connectivity index (χ4n) is 2.25. The van der Waals surface area contributed by atoms with Crippen LogP contribution in [0.25, 0.3) is 0 Å². The molecule has 1 saturated heterocycles. The lowest BCUT2D eigenvalue weighted by Crippen LogP contribution is -2.48. The Labute approximate surface area is 116 Å². The molecule has 6 heteroatoms. The molecule has 1 N–H and O–H groups in total. The second-order valence-corrected chi connectivity index (χ2v) is 5.40. The summed E-state index contributed by atoms with van der Waals surface area (Å²) in [4.78, 5) is 16.4. The van der Waals surface area contributed by atoms with Crippen LogP contribution in [0.4, 0.5) is 4.39 Å². The van der Waals surface area contributed by atoms with E-state index in [9.17, 15) is 9.18 Å². The third kappa shape index (κ3) is 3.28. The highest BCUT2D eigenvalue weighted by atomic mass is 35.5. The van der Waals surface area contributed by atoms with Crippen LogP contribution >= 0.6 is 11.6 Å². The second-order valence-electron chi connectivity index (χ2n) is 5.00. The smallest absolute Gasteiger partial charge is 0.257 e. The molecular weight excluding hydrogens is 271 g/mol. The number of nitrogens with one attached hydrogen (secondary N) is 1. The van der Waals surface area contributed by atoms with Gasteiger partial charge in [-0.2, -0.15) is 0 Å². The zero-order valence-electron chi connectivity index (χ0n) is 11.0. The van der Waals surface area contributed by atoms with Crippen molar-refractivity contribution in [3.63, 3.8) is 0 Å². The Balaban J connectivity index is 1.98. The van der Waals surface area contributed by atoms with Gasteiger partial charge in [0, 0.05) is 18.9 Å². The lowest BCUT2D eigenvalue weighted by Gasteiger charge is -2.35. The highest BCUT2D eigenvalue weighted by molar-refractivity contribution is 6.33. The van der Waals surface area contributed by atoms with Gasteiger partial charge in [0.25, 0.3) is 5.91 Å². The average Bonchev–Trinajstić information content (AvgIpc) is 2.76. The summed E-state index contributed by atoms with van der Waals surface area (Å²) >= 11 is 5.89. The summed E-state index contributed by atoms with van der Waals surface area (Å²) < 4.78 is 19.5. The molecule has 1 aromatic heterocycles. The number of hydrogen-bond donors (Lipinski definition) is 1. The van der Waals surface area contributed by atoms with Gasteiger partial charge in [-0.15, -0.1) is 0 Å². The van der Waals surface area contributed by atoms with E-state index in [1.165, 1.54) is 17.3 Å². The highest BCUT2D eigenvalue weighted by Crippen LogP contribution is 2.23. The van der Waals surface area contributed by atoms with Gasteiger partial charge in [-0.05, 0) is 20.3 Å². The van der Waals surface area contributed by atoms with E-state index in [4.69, 9.17) is 16.3 Å². The monoisotopic (exact) mass is 288 g/mol. The summed E-state index contributed by atoms with van der Waals surface area (Å²) in [5, 5.41) is 0.362. The predicted molar refractivity (Wildman–Crippen MR) is 71.2 cm³/mol. The van der Waals surface area contributed by atoms with Crippen LogP contribution in [-0.2, 0) is 4.74 Å². The lowest BCUT2D eigenvalue weighted by molar-refractivity contribution is -0.0666. The van der Waals surface area contributed by atoms with Crippen LogP contribution in [-0.4, -0.2) is 47.3 Å². The van der Waals surface area contributed by atoms with Crippen molar-refractivity contribution in [2.24, 2.45) is 0 Å². The number of carbonyl (C=O) groups excluding carboxylic acids is 1. The van der Waals surface area contributed by atoms with Gasteiger partial charge in [0.05, 0.1) is 29.3 Å². The third-order valence-corrected chi connectivity index (χ3v) is 3.45. The van der Waals surface area contributed by atoms with Crippen molar-refractivity contribution in [2.75, 3.05) is 13.1 Å². The van der Waals surface area contributed by atoms with E-state index < -0.39 is 12.3 Å². The summed E-state index contributed by atoms with van der Waals surface area (Å²) in [6.07, 6.45) is 1.99. The molecule has 1 amide bonds. The number of amides is 1. The molecule has 0 aromatic carbocycles. The molecule has 2 heterocycles. The number of hydrogen-bond acceptors (Lipinski definition) is 2. The number of rotatable bonds is 3. The van der Waals surface area contributed by atoms with Crippen molar-refractivity contribution in [1.29, 1.82) is 0 Å². The van der Waals surface area contributed by atoms with Gasteiger partial charge in [0.1, 0.15) is 6.17 Å². The third-order valence-electron chi connectivity index (χ3n) is 3.14. The number of H-pyrrole nitrogens is 1. The second kappa shape index (κ2) is 5.92. The van der Waals surface area contributed by atoms with Crippen LogP contribution in [0.5, 0.6) is 0 Å². The van der Waals surface area contributed by atoms with Gasteiger partial charge < -0.3 is 14.6 Å². The molecule has 2 rings (SSSR count). The molecule has 106 valence electrons. The molecule has 0 spiro atoms. The topological polar surface area (TPSA) is 45.3 Å². The molecule has 1 aliphatic heterocycles. The van der Waals surface area contributed by atoms with Crippen LogP contribution in [0.15, 0.2) is 12.4 Å². The first-order valence-electron chi connectivity index (χ1n) is 6.40. The molecule has 1 aromatic rings. The number of halogens is 2. The Morgan fingerprint density at radius 3 is 2.84 bits per heavy atom. The Kier molecular flexibility index (Phi) is 4.47. The highest BCUT2D eigenvalue weighted by Gasteiger charge is 2.33. The first-order chi connectivity index (χ1) is 8.99. The number of ether oxygens (including phenoxy) is 1. The van der Waals surface area contributed by atoms with E-state index >= 15 is 0 Å². The number of piperidine rings is 1. The standard InChI is InChI=1S/C13H18ClFN2O2/c1-8(2)19-12-3-4-17(7-11(12)15)13(18)9-5-16-6-10(9)14/h5-6,8,11-12,16H,3-4,7H2,1-2H3/t11-,12+/m1/s1. The van der Waals surface area contributed by atoms with Crippen molar-refractivity contribution < 1.29 is 13.9 Å². The number of likely N-dealkylation sites (tertiary alicyclic amines) is 1. The van der Waals surface area contributed by atoms with E-state index in [2.05, 4.69) is 4.98 Å². The number of aromatic nitrogens is 1. The molecule has 0 radical (unpaired) electrons. The van der Waals surface area contributed by atoms with E-state index in [1.54, 1.807) is 0 Å². The van der Waals surface area contributed by atoms with Crippen molar-refractivity contribution in [3.05, 3.63) is 23.0 Å². The molecule has 1 fully saturated rings. The number of nitrogens with zero attached hydrogens (tertiary/aromatic N) is 1. The Morgan fingerprint density at radius 2 is 2.32 bits per heavy atom. The van der Waals surface area contributed by atoms with Crippen molar-refractivity contribution >= 4 is 17.5 Å². The van der Waals surface area contributed by atoms with Gasteiger partial charge in [0.15, 0.2) is 0 Å². The maximum absolute atomic E-state index is 14.0. The minimum absolute atomic E-state index is 0.00961. The first kappa shape index (κ1) is 14.3. The van der Waals surface area contributed by atoms with Gasteiger partial charge >= 0.3 is 0 Å². The number of alkyl halides is 1. The summed E-state index contributed by atoms with van der Waals surface area (Å²) in [5.41, 5.74) is 0.386. The predicted octanol–water partition coefficient (Wildman–Crippen LogP) is 2.65. The van der Waals surface area contributed by atoms with Crippen LogP contribution < -0.4 is 0 Å². The normalized spacial score (nSPS) is 23.9. The zero-order valence-corrected chi connectivity index (χ0v) is 11.8. The van der Waals surface area contributed by atoms with Gasteiger partial charge in [0.2, 0.25) is 0 Å². The SMILES string of the molecule is CC(C)O[C@H]1CCN(C(=O)c2c[nH]cc2Cl)C[C@H]1F. The molecule has 0 bridgehead atoms. The van der Waals surface area contributed by atoms with Gasteiger partial charge in [-0.3, -0.25) is 4.79 Å². The summed E-state index contributed by atoms with van der Waals surface area (Å²) in [7, 11) is 0. The molecule has 0 saturated carbocycles. The summed E-state index contributed by atoms with van der Waals surface area (Å²) in [5.74, 6) is -0.239. The fraction of sp³-hybridized carbons (Fsp3) is 0.615. The maximum atomic E-state index is 14.0. The fourth-order valence-corrected chi connectivity index (χ4v) is 2.45. The molecule has 4 nitrogen and oxygen atoms in total. The quantitative estimate of drug-likeness (QED) is 0.929. The maximum Gasteiger partial charge on any atom is 0.257 e. The number of carbonyl (C=O) groups is 1. The Morgan fingerprint density at radius 1 is 1.58 bits per heavy atom. The van der Waals surface area contributed by atoms with E-state index in [1.807, 2.05) is 13.8 Å². The first-order valence-corrected chi connectivity index (χ1v) is 6.78. The van der Waals surface area contributed by atoms with Crippen LogP contribution in [0.1, 0.15) is 30.6 Å².